The van der Waals surface area contributed by atoms with Crippen molar-refractivity contribution in [1.29, 1.82) is 0 Å². The average Bonchev–Trinajstić information content (AvgIpc) is 2.91. The second-order valence-corrected chi connectivity index (χ2v) is 14.2. The summed E-state index contributed by atoms with van der Waals surface area (Å²) in [5.74, 6) is -3.26. The summed E-state index contributed by atoms with van der Waals surface area (Å²) in [5, 5.41) is 46.3. The second kappa shape index (κ2) is 15.5. The van der Waals surface area contributed by atoms with Gasteiger partial charge in [-0.2, -0.15) is 0 Å². The molecule has 2 unspecified atom stereocenters. The van der Waals surface area contributed by atoms with Crippen LogP contribution in [0.1, 0.15) is 81.6 Å². The Kier molecular flexibility index (Phi) is 13.6. The molecule has 12 nitrogen and oxygen atoms in total. The lowest BCUT2D eigenvalue weighted by atomic mass is 9.78. The Hall–Kier alpha value is -1.38. The first-order chi connectivity index (χ1) is 20.1. The molecule has 2 aliphatic rings. The summed E-state index contributed by atoms with van der Waals surface area (Å²) in [6.07, 6.45) is -5.74. The van der Waals surface area contributed by atoms with Crippen LogP contribution in [0.2, 0.25) is 0 Å². The maximum Gasteiger partial charge on any atom is 0.311 e. The average molecular weight is 633 g/mol. The highest BCUT2D eigenvalue weighted by molar-refractivity contribution is 5.73. The number of rotatable bonds is 5. The van der Waals surface area contributed by atoms with Gasteiger partial charge in [-0.15, -0.1) is 0 Å². The highest BCUT2D eigenvalue weighted by Gasteiger charge is 2.50. The van der Waals surface area contributed by atoms with Crippen LogP contribution in [0.25, 0.3) is 0 Å². The fourth-order valence-electron chi connectivity index (χ4n) is 7.04. The highest BCUT2D eigenvalue weighted by Crippen LogP contribution is 2.37. The van der Waals surface area contributed by atoms with Crippen LogP contribution in [0, 0.1) is 17.8 Å². The topological polar surface area (TPSA) is 158 Å². The van der Waals surface area contributed by atoms with Crippen molar-refractivity contribution in [1.82, 2.24) is 9.80 Å². The van der Waals surface area contributed by atoms with Gasteiger partial charge in [-0.25, -0.2) is 0 Å². The molecule has 0 spiro atoms. The molecule has 2 aliphatic heterocycles. The molecule has 2 rings (SSSR count). The molecule has 0 aliphatic carbocycles. The first kappa shape index (κ1) is 38.8. The van der Waals surface area contributed by atoms with Gasteiger partial charge >= 0.3 is 11.9 Å². The smallest absolute Gasteiger partial charge is 0.311 e. The number of likely N-dealkylation sites (N-methyl/N-ethyl adjacent to an activating group) is 2. The summed E-state index contributed by atoms with van der Waals surface area (Å²) in [6, 6.07) is -0.748. The van der Waals surface area contributed by atoms with E-state index in [0.29, 0.717) is 13.0 Å². The third kappa shape index (κ3) is 9.12. The first-order valence-electron chi connectivity index (χ1n) is 16.0. The van der Waals surface area contributed by atoms with E-state index >= 15 is 0 Å². The second-order valence-electron chi connectivity index (χ2n) is 14.2. The van der Waals surface area contributed by atoms with Gasteiger partial charge < -0.3 is 49.2 Å². The van der Waals surface area contributed by atoms with E-state index in [9.17, 15) is 30.0 Å². The van der Waals surface area contributed by atoms with Crippen LogP contribution in [0.3, 0.4) is 0 Å². The predicted molar refractivity (Wildman–Crippen MR) is 164 cm³/mol. The first-order valence-corrected chi connectivity index (χ1v) is 16.0. The molecule has 14 atom stereocenters. The molecule has 0 amide bonds. The number of ether oxygens (including phenoxy) is 4. The summed E-state index contributed by atoms with van der Waals surface area (Å²) >= 11 is 0. The lowest BCUT2D eigenvalue weighted by Gasteiger charge is -2.47. The Labute approximate surface area is 264 Å². The van der Waals surface area contributed by atoms with Gasteiger partial charge in [0, 0.05) is 25.4 Å². The highest BCUT2D eigenvalue weighted by atomic mass is 16.7. The van der Waals surface area contributed by atoms with E-state index in [1.54, 1.807) is 27.7 Å². The molecule has 2 saturated heterocycles. The molecule has 0 saturated carbocycles. The van der Waals surface area contributed by atoms with E-state index in [1.165, 1.54) is 20.8 Å². The Balaban J connectivity index is 2.59. The largest absolute Gasteiger partial charge is 0.459 e. The molecular weight excluding hydrogens is 572 g/mol. The molecule has 0 aromatic carbocycles. The quantitative estimate of drug-likeness (QED) is 0.325. The lowest BCUT2D eigenvalue weighted by Crippen LogP contribution is -2.60. The fraction of sp³-hybridized carbons (Fsp3) is 0.938. The Morgan fingerprint density at radius 1 is 1.11 bits per heavy atom. The van der Waals surface area contributed by atoms with E-state index in [1.807, 2.05) is 44.8 Å². The molecule has 0 bridgehead atoms. The monoisotopic (exact) mass is 632 g/mol. The van der Waals surface area contributed by atoms with Gasteiger partial charge in [0.05, 0.1) is 35.9 Å². The summed E-state index contributed by atoms with van der Waals surface area (Å²) in [5.41, 5.74) is -3.30. The molecule has 44 heavy (non-hydrogen) atoms. The van der Waals surface area contributed by atoms with Gasteiger partial charge in [-0.3, -0.25) is 9.59 Å². The number of hydrogen-bond donors (Lipinski definition) is 4. The standard InChI is InChI=1S/C32H60N2O10/c1-13-24-32(9,40)27(37)21(6)34(12)16-17(2)15-31(8,39)28(19(4)25(36)20(5)29(38)43-24)44-30-26(42-22(7)35)23(33(10)11)14-18(3)41-30/h17-21,23-28,30,36-37,39-40H,13-16H2,1-12H3/t17-,18-,19+,20-,21-,23?,24-,25?,26-,27-,28-,30+,31-,32-/m1/s1. The van der Waals surface area contributed by atoms with Crippen LogP contribution in [-0.2, 0) is 28.5 Å². The number of aliphatic hydroxyl groups excluding tert-OH is 2. The molecule has 0 radical (unpaired) electrons. The Bertz CT molecular complexity index is 946. The fourth-order valence-corrected chi connectivity index (χ4v) is 7.04. The van der Waals surface area contributed by atoms with Gasteiger partial charge in [0.25, 0.3) is 0 Å². The zero-order valence-electron chi connectivity index (χ0n) is 28.9. The summed E-state index contributed by atoms with van der Waals surface area (Å²) in [7, 11) is 5.59. The van der Waals surface area contributed by atoms with E-state index in [4.69, 9.17) is 18.9 Å². The van der Waals surface area contributed by atoms with Gasteiger partial charge in [-0.1, -0.05) is 20.8 Å². The molecule has 258 valence electrons. The Morgan fingerprint density at radius 2 is 1.70 bits per heavy atom. The third-order valence-electron chi connectivity index (χ3n) is 9.74. The molecule has 2 fully saturated rings. The minimum absolute atomic E-state index is 0.127. The zero-order chi connectivity index (χ0) is 33.9. The number of cyclic esters (lactones) is 1. The molecule has 2 heterocycles. The normalized spacial score (nSPS) is 45.7. The molecule has 4 N–H and O–H groups in total. The van der Waals surface area contributed by atoms with Crippen molar-refractivity contribution in [3.8, 4) is 0 Å². The van der Waals surface area contributed by atoms with Gasteiger partial charge in [0.15, 0.2) is 12.4 Å². The lowest BCUT2D eigenvalue weighted by molar-refractivity contribution is -0.301. The van der Waals surface area contributed by atoms with Crippen molar-refractivity contribution in [3.63, 3.8) is 0 Å². The van der Waals surface area contributed by atoms with Crippen LogP contribution >= 0.6 is 0 Å². The summed E-state index contributed by atoms with van der Waals surface area (Å²) in [4.78, 5) is 29.4. The Morgan fingerprint density at radius 3 is 2.23 bits per heavy atom. The van der Waals surface area contributed by atoms with Gasteiger partial charge in [0.1, 0.15) is 17.8 Å². The van der Waals surface area contributed by atoms with Gasteiger partial charge in [0.2, 0.25) is 0 Å². The third-order valence-corrected chi connectivity index (χ3v) is 9.74. The summed E-state index contributed by atoms with van der Waals surface area (Å²) in [6.45, 7) is 15.5. The minimum Gasteiger partial charge on any atom is -0.459 e. The van der Waals surface area contributed by atoms with E-state index in [0.717, 1.165) is 0 Å². The van der Waals surface area contributed by atoms with E-state index in [2.05, 4.69) is 0 Å². The van der Waals surface area contributed by atoms with Crippen molar-refractivity contribution >= 4 is 11.9 Å². The minimum atomic E-state index is -1.77. The maximum absolute atomic E-state index is 13.4. The van der Waals surface area contributed by atoms with Crippen molar-refractivity contribution in [2.75, 3.05) is 27.7 Å². The van der Waals surface area contributed by atoms with Crippen LogP contribution in [0.15, 0.2) is 0 Å². The van der Waals surface area contributed by atoms with Crippen LogP contribution < -0.4 is 0 Å². The van der Waals surface area contributed by atoms with E-state index < -0.39 is 77.8 Å². The van der Waals surface area contributed by atoms with Crippen molar-refractivity contribution < 1.29 is 49.0 Å². The molecule has 12 heteroatoms. The van der Waals surface area contributed by atoms with Crippen LogP contribution in [0.5, 0.6) is 0 Å². The van der Waals surface area contributed by atoms with Crippen molar-refractivity contribution in [3.05, 3.63) is 0 Å². The molecule has 0 aromatic heterocycles. The summed E-state index contributed by atoms with van der Waals surface area (Å²) < 4.78 is 24.2. The van der Waals surface area contributed by atoms with Crippen LogP contribution in [-0.4, -0.2) is 136 Å². The van der Waals surface area contributed by atoms with E-state index in [-0.39, 0.29) is 30.9 Å². The van der Waals surface area contributed by atoms with Crippen molar-refractivity contribution in [2.45, 2.75) is 148 Å². The zero-order valence-corrected chi connectivity index (χ0v) is 28.9. The molecule has 0 aromatic rings. The SMILES string of the molecule is CC[C@H]1OC(=O)[C@H](C)C(O)[C@H](C)[C@@H](O[C@@H]2O[C@H](C)CC(N(C)C)[C@H]2OC(C)=O)[C@](C)(O)C[C@@H](C)CN(C)[C@H](C)[C@@H](O)[C@]1(C)O. The number of aliphatic hydroxyl groups is 4. The number of hydrogen-bond acceptors (Lipinski definition) is 12. The number of carbonyl (C=O) groups excluding carboxylic acids is 2. The predicted octanol–water partition coefficient (Wildman–Crippen LogP) is 1.55. The van der Waals surface area contributed by atoms with Crippen LogP contribution in [0.4, 0.5) is 0 Å². The van der Waals surface area contributed by atoms with Crippen molar-refractivity contribution in [2.24, 2.45) is 17.8 Å². The molecular formula is C32H60N2O10. The number of esters is 2. The number of nitrogens with zero attached hydrogens (tertiary/aromatic N) is 2. The van der Waals surface area contributed by atoms with Gasteiger partial charge in [-0.05, 0) is 80.9 Å². The maximum atomic E-state index is 13.4. The number of carbonyl (C=O) groups is 2.